The number of primary sulfonamides is 1. The molecule has 0 aromatic carbocycles. The van der Waals surface area contributed by atoms with E-state index in [2.05, 4.69) is 0 Å². The molecule has 1 atom stereocenters. The lowest BCUT2D eigenvalue weighted by Crippen LogP contribution is -2.36. The van der Waals surface area contributed by atoms with Crippen molar-refractivity contribution in [1.82, 2.24) is 0 Å². The highest BCUT2D eigenvalue weighted by atomic mass is 32.2. The van der Waals surface area contributed by atoms with Crippen molar-refractivity contribution in [3.05, 3.63) is 0 Å². The maximum Gasteiger partial charge on any atom is 0.212 e. The van der Waals surface area contributed by atoms with E-state index in [9.17, 15) is 8.42 Å². The van der Waals surface area contributed by atoms with Crippen LogP contribution in [0.15, 0.2) is 0 Å². The maximum absolute atomic E-state index is 10.8. The van der Waals surface area contributed by atoms with Crippen LogP contribution in [0, 0.1) is 5.41 Å². The maximum atomic E-state index is 10.8. The lowest BCUT2D eigenvalue weighted by Gasteiger charge is -2.24. The summed E-state index contributed by atoms with van der Waals surface area (Å²) in [7, 11) is -3.36. The van der Waals surface area contributed by atoms with Crippen molar-refractivity contribution in [3.63, 3.8) is 0 Å². The van der Waals surface area contributed by atoms with Crippen LogP contribution < -0.4 is 5.14 Å². The first kappa shape index (κ1) is 9.91. The predicted molar refractivity (Wildman–Crippen MR) is 42.0 cm³/mol. The third kappa shape index (κ3) is 2.66. The van der Waals surface area contributed by atoms with Gasteiger partial charge in [0.05, 0.1) is 5.25 Å². The summed E-state index contributed by atoms with van der Waals surface area (Å²) in [5.74, 6) is 0. The highest BCUT2D eigenvalue weighted by Gasteiger charge is 2.28. The topological polar surface area (TPSA) is 60.2 Å². The van der Waals surface area contributed by atoms with Crippen LogP contribution in [-0.4, -0.2) is 13.7 Å². The van der Waals surface area contributed by atoms with Crippen molar-refractivity contribution in [2.75, 3.05) is 0 Å². The Balaban J connectivity index is 4.56. The standard InChI is InChI=1S/C6H15NO2S/c1-5(6(2,3)4)10(7,8)9/h5H,1-4H3,(H2,7,8,9). The monoisotopic (exact) mass is 165 g/mol. The van der Waals surface area contributed by atoms with E-state index in [0.29, 0.717) is 0 Å². The number of rotatable bonds is 1. The fourth-order valence-electron chi connectivity index (χ4n) is 0.493. The lowest BCUT2D eigenvalue weighted by atomic mass is 9.93. The zero-order chi connectivity index (χ0) is 8.58. The Morgan fingerprint density at radius 1 is 1.30 bits per heavy atom. The van der Waals surface area contributed by atoms with Crippen LogP contribution in [0.3, 0.4) is 0 Å². The zero-order valence-corrected chi connectivity index (χ0v) is 7.70. The summed E-state index contributed by atoms with van der Waals surface area (Å²) in [5.41, 5.74) is -0.270. The quantitative estimate of drug-likeness (QED) is 0.622. The van der Waals surface area contributed by atoms with E-state index >= 15 is 0 Å². The number of sulfonamides is 1. The van der Waals surface area contributed by atoms with Crippen molar-refractivity contribution in [2.24, 2.45) is 10.6 Å². The number of hydrogen-bond donors (Lipinski definition) is 1. The average Bonchev–Trinajstić information content (AvgIpc) is 1.59. The summed E-state index contributed by atoms with van der Waals surface area (Å²) in [6, 6.07) is 0. The predicted octanol–water partition coefficient (Wildman–Crippen LogP) is 0.710. The minimum absolute atomic E-state index is 0.270. The molecular formula is C6H15NO2S. The summed E-state index contributed by atoms with van der Waals surface area (Å²) in [5, 5.41) is 4.45. The van der Waals surface area contributed by atoms with Gasteiger partial charge in [0.2, 0.25) is 10.0 Å². The highest BCUT2D eigenvalue weighted by Crippen LogP contribution is 2.23. The van der Waals surface area contributed by atoms with Gasteiger partial charge in [0.25, 0.3) is 0 Å². The largest absolute Gasteiger partial charge is 0.228 e. The van der Waals surface area contributed by atoms with Crippen molar-refractivity contribution < 1.29 is 8.42 Å². The lowest BCUT2D eigenvalue weighted by molar-refractivity contribution is 0.392. The first-order valence-corrected chi connectivity index (χ1v) is 4.78. The Hall–Kier alpha value is -0.0900. The molecule has 62 valence electrons. The first-order chi connectivity index (χ1) is 4.15. The van der Waals surface area contributed by atoms with Crippen molar-refractivity contribution in [3.8, 4) is 0 Å². The molecule has 0 heterocycles. The molecule has 0 aromatic rings. The molecule has 0 saturated carbocycles. The van der Waals surface area contributed by atoms with E-state index in [1.54, 1.807) is 6.92 Å². The third-order valence-corrected chi connectivity index (χ3v) is 3.41. The molecule has 0 bridgehead atoms. The van der Waals surface area contributed by atoms with E-state index in [-0.39, 0.29) is 5.41 Å². The number of hydrogen-bond acceptors (Lipinski definition) is 2. The molecule has 0 rings (SSSR count). The van der Waals surface area contributed by atoms with Crippen molar-refractivity contribution in [1.29, 1.82) is 0 Å². The van der Waals surface area contributed by atoms with Gasteiger partial charge in [-0.1, -0.05) is 20.8 Å². The second kappa shape index (κ2) is 2.51. The van der Waals surface area contributed by atoms with E-state index in [1.807, 2.05) is 20.8 Å². The Morgan fingerprint density at radius 3 is 1.60 bits per heavy atom. The van der Waals surface area contributed by atoms with Gasteiger partial charge in [-0.25, -0.2) is 13.6 Å². The molecule has 0 aliphatic heterocycles. The summed E-state index contributed by atoms with van der Waals surface area (Å²) in [4.78, 5) is 0. The van der Waals surface area contributed by atoms with E-state index < -0.39 is 15.3 Å². The molecular weight excluding hydrogens is 150 g/mol. The minimum Gasteiger partial charge on any atom is -0.228 e. The molecule has 2 N–H and O–H groups in total. The average molecular weight is 165 g/mol. The second-order valence-electron chi connectivity index (χ2n) is 3.60. The summed E-state index contributed by atoms with van der Waals surface area (Å²) >= 11 is 0. The second-order valence-corrected chi connectivity index (χ2v) is 5.48. The van der Waals surface area contributed by atoms with Gasteiger partial charge in [-0.2, -0.15) is 0 Å². The van der Waals surface area contributed by atoms with Gasteiger partial charge >= 0.3 is 0 Å². The van der Waals surface area contributed by atoms with E-state index in [1.165, 1.54) is 0 Å². The van der Waals surface area contributed by atoms with Crippen LogP contribution in [0.5, 0.6) is 0 Å². The molecule has 3 nitrogen and oxygen atoms in total. The molecule has 0 spiro atoms. The number of nitrogens with two attached hydrogens (primary N) is 1. The Morgan fingerprint density at radius 2 is 1.60 bits per heavy atom. The molecule has 0 amide bonds. The SMILES string of the molecule is CC(C(C)(C)C)S(N)(=O)=O. The summed E-state index contributed by atoms with van der Waals surface area (Å²) in [6.07, 6.45) is 0. The van der Waals surface area contributed by atoms with Gasteiger partial charge in [0.15, 0.2) is 0 Å². The van der Waals surface area contributed by atoms with Crippen LogP contribution in [0.25, 0.3) is 0 Å². The first-order valence-electron chi connectivity index (χ1n) is 3.17. The van der Waals surface area contributed by atoms with Crippen molar-refractivity contribution in [2.45, 2.75) is 32.9 Å². The van der Waals surface area contributed by atoms with Crippen LogP contribution in [0.1, 0.15) is 27.7 Å². The van der Waals surface area contributed by atoms with Gasteiger partial charge in [0, 0.05) is 0 Å². The molecule has 0 saturated heterocycles. The van der Waals surface area contributed by atoms with Gasteiger partial charge < -0.3 is 0 Å². The molecule has 0 aliphatic carbocycles. The summed E-state index contributed by atoms with van der Waals surface area (Å²) < 4.78 is 21.5. The fraction of sp³-hybridized carbons (Fsp3) is 1.00. The van der Waals surface area contributed by atoms with E-state index in [4.69, 9.17) is 5.14 Å². The van der Waals surface area contributed by atoms with Crippen LogP contribution >= 0.6 is 0 Å². The Bertz CT molecular complexity index is 200. The Kier molecular flexibility index (Phi) is 2.49. The van der Waals surface area contributed by atoms with E-state index in [0.717, 1.165) is 0 Å². The molecule has 0 fully saturated rings. The molecule has 0 aromatic heterocycles. The molecule has 10 heavy (non-hydrogen) atoms. The van der Waals surface area contributed by atoms with Crippen molar-refractivity contribution >= 4 is 10.0 Å². The highest BCUT2D eigenvalue weighted by molar-refractivity contribution is 7.89. The smallest absolute Gasteiger partial charge is 0.212 e. The van der Waals surface area contributed by atoms with Gasteiger partial charge in [-0.3, -0.25) is 0 Å². The molecule has 0 radical (unpaired) electrons. The normalized spacial score (nSPS) is 16.9. The zero-order valence-electron chi connectivity index (χ0n) is 6.88. The van der Waals surface area contributed by atoms with Gasteiger partial charge in [0.1, 0.15) is 0 Å². The molecule has 4 heteroatoms. The molecule has 0 aliphatic rings. The van der Waals surface area contributed by atoms with Gasteiger partial charge in [-0.15, -0.1) is 0 Å². The van der Waals surface area contributed by atoms with Crippen LogP contribution in [-0.2, 0) is 10.0 Å². The molecule has 1 unspecified atom stereocenters. The summed E-state index contributed by atoms with van der Waals surface area (Å²) in [6.45, 7) is 7.17. The fourth-order valence-corrected chi connectivity index (χ4v) is 1.48. The van der Waals surface area contributed by atoms with Gasteiger partial charge in [-0.05, 0) is 12.3 Å². The van der Waals surface area contributed by atoms with Crippen LogP contribution in [0.2, 0.25) is 0 Å². The van der Waals surface area contributed by atoms with Crippen LogP contribution in [0.4, 0.5) is 0 Å². The Labute approximate surface area is 62.7 Å². The third-order valence-electron chi connectivity index (χ3n) is 1.71. The minimum atomic E-state index is -3.36.